The van der Waals surface area contributed by atoms with Gasteiger partial charge in [0.1, 0.15) is 12.7 Å². The van der Waals surface area contributed by atoms with E-state index in [1.54, 1.807) is 11.0 Å². The zero-order valence-electron chi connectivity index (χ0n) is 12.9. The van der Waals surface area contributed by atoms with Crippen LogP contribution in [0.1, 0.15) is 17.0 Å². The molecule has 0 amide bonds. The maximum Gasteiger partial charge on any atom is 0.137 e. The SMILES string of the molecule is O[C@H](Cn1cncn1)[C@@H](Cc1ccc(Cl)cc1)c1cccc(Br)c1. The summed E-state index contributed by atoms with van der Waals surface area (Å²) in [5.74, 6) is -0.0622. The fourth-order valence-corrected chi connectivity index (χ4v) is 3.28. The molecule has 1 aromatic heterocycles. The zero-order chi connectivity index (χ0) is 16.9. The molecule has 0 spiro atoms. The normalized spacial score (nSPS) is 13.6. The van der Waals surface area contributed by atoms with Crippen molar-refractivity contribution in [2.45, 2.75) is 25.0 Å². The van der Waals surface area contributed by atoms with Crippen LogP contribution in [0.2, 0.25) is 5.02 Å². The Morgan fingerprint density at radius 1 is 1.17 bits per heavy atom. The van der Waals surface area contributed by atoms with E-state index in [9.17, 15) is 5.11 Å². The molecule has 2 atom stereocenters. The van der Waals surface area contributed by atoms with Gasteiger partial charge in [-0.3, -0.25) is 4.68 Å². The largest absolute Gasteiger partial charge is 0.391 e. The van der Waals surface area contributed by atoms with Crippen molar-refractivity contribution in [2.24, 2.45) is 0 Å². The van der Waals surface area contributed by atoms with Gasteiger partial charge in [-0.05, 0) is 41.8 Å². The minimum absolute atomic E-state index is 0.0622. The second kappa shape index (κ2) is 7.92. The first kappa shape index (κ1) is 17.1. The highest BCUT2D eigenvalue weighted by Crippen LogP contribution is 2.28. The molecular formula is C18H17BrClN3O. The van der Waals surface area contributed by atoms with Gasteiger partial charge in [-0.25, -0.2) is 4.98 Å². The first-order valence-electron chi connectivity index (χ1n) is 7.62. The van der Waals surface area contributed by atoms with Gasteiger partial charge < -0.3 is 5.11 Å². The molecule has 2 aromatic carbocycles. The van der Waals surface area contributed by atoms with Crippen LogP contribution in [-0.2, 0) is 13.0 Å². The summed E-state index contributed by atoms with van der Waals surface area (Å²) in [5, 5.41) is 15.6. The van der Waals surface area contributed by atoms with Gasteiger partial charge in [0.25, 0.3) is 0 Å². The number of nitrogens with zero attached hydrogens (tertiary/aromatic N) is 3. The standard InChI is InChI=1S/C18H17BrClN3O/c19-15-3-1-2-14(9-15)17(8-13-4-6-16(20)7-5-13)18(24)10-23-12-21-11-22-23/h1-7,9,11-12,17-18,24H,8,10H2/t17-,18+/m0/s1. The number of aliphatic hydroxyl groups excluding tert-OH is 1. The molecule has 0 radical (unpaired) electrons. The number of hydrogen-bond donors (Lipinski definition) is 1. The zero-order valence-corrected chi connectivity index (χ0v) is 15.2. The summed E-state index contributed by atoms with van der Waals surface area (Å²) in [6.07, 6.45) is 3.21. The molecule has 24 heavy (non-hydrogen) atoms. The second-order valence-electron chi connectivity index (χ2n) is 5.68. The maximum absolute atomic E-state index is 10.8. The van der Waals surface area contributed by atoms with Crippen LogP contribution < -0.4 is 0 Å². The van der Waals surface area contributed by atoms with Crippen LogP contribution in [0.15, 0.2) is 65.7 Å². The molecule has 3 aromatic rings. The predicted molar refractivity (Wildman–Crippen MR) is 98.1 cm³/mol. The molecule has 0 unspecified atom stereocenters. The summed E-state index contributed by atoms with van der Waals surface area (Å²) in [6, 6.07) is 15.8. The number of halogens is 2. The molecule has 1 N–H and O–H groups in total. The molecule has 0 aliphatic heterocycles. The quantitative estimate of drug-likeness (QED) is 0.671. The average Bonchev–Trinajstić information content (AvgIpc) is 3.07. The minimum Gasteiger partial charge on any atom is -0.391 e. The van der Waals surface area contributed by atoms with E-state index in [0.717, 1.165) is 15.6 Å². The van der Waals surface area contributed by atoms with E-state index in [0.29, 0.717) is 18.0 Å². The maximum atomic E-state index is 10.8. The Kier molecular flexibility index (Phi) is 5.66. The van der Waals surface area contributed by atoms with E-state index in [2.05, 4.69) is 26.0 Å². The van der Waals surface area contributed by atoms with Gasteiger partial charge in [-0.1, -0.05) is 51.8 Å². The molecule has 3 rings (SSSR count). The van der Waals surface area contributed by atoms with Gasteiger partial charge >= 0.3 is 0 Å². The van der Waals surface area contributed by atoms with Crippen LogP contribution in [0.25, 0.3) is 0 Å². The molecule has 6 heteroatoms. The van der Waals surface area contributed by atoms with Crippen molar-refractivity contribution in [3.05, 3.63) is 81.8 Å². The summed E-state index contributed by atoms with van der Waals surface area (Å²) in [4.78, 5) is 3.93. The van der Waals surface area contributed by atoms with E-state index in [1.807, 2.05) is 48.5 Å². The Labute approximate surface area is 154 Å². The van der Waals surface area contributed by atoms with E-state index < -0.39 is 6.10 Å². The molecule has 0 aliphatic rings. The van der Waals surface area contributed by atoms with Crippen molar-refractivity contribution >= 4 is 27.5 Å². The van der Waals surface area contributed by atoms with Crippen molar-refractivity contribution < 1.29 is 5.11 Å². The van der Waals surface area contributed by atoms with Gasteiger partial charge in [0.15, 0.2) is 0 Å². The number of aromatic nitrogens is 3. The lowest BCUT2D eigenvalue weighted by Gasteiger charge is -2.24. The molecular weight excluding hydrogens is 390 g/mol. The number of aliphatic hydroxyl groups is 1. The van der Waals surface area contributed by atoms with Gasteiger partial charge in [0, 0.05) is 15.4 Å². The summed E-state index contributed by atoms with van der Waals surface area (Å²) in [5.41, 5.74) is 2.20. The average molecular weight is 407 g/mol. The van der Waals surface area contributed by atoms with E-state index >= 15 is 0 Å². The minimum atomic E-state index is -0.586. The Balaban J connectivity index is 1.86. The predicted octanol–water partition coefficient (Wildman–Crippen LogP) is 4.08. The molecule has 0 aliphatic carbocycles. The Morgan fingerprint density at radius 3 is 2.62 bits per heavy atom. The Morgan fingerprint density at radius 2 is 1.96 bits per heavy atom. The molecule has 0 saturated heterocycles. The molecule has 0 bridgehead atoms. The summed E-state index contributed by atoms with van der Waals surface area (Å²) in [6.45, 7) is 0.394. The Hall–Kier alpha value is -1.69. The highest BCUT2D eigenvalue weighted by Gasteiger charge is 2.22. The Bertz CT molecular complexity index is 777. The van der Waals surface area contributed by atoms with E-state index in [1.165, 1.54) is 6.33 Å². The number of hydrogen-bond acceptors (Lipinski definition) is 3. The number of rotatable bonds is 6. The van der Waals surface area contributed by atoms with Crippen molar-refractivity contribution in [3.63, 3.8) is 0 Å². The molecule has 124 valence electrons. The van der Waals surface area contributed by atoms with Gasteiger partial charge in [-0.2, -0.15) is 5.10 Å². The van der Waals surface area contributed by atoms with Crippen molar-refractivity contribution in [1.29, 1.82) is 0 Å². The highest BCUT2D eigenvalue weighted by atomic mass is 79.9. The summed E-state index contributed by atoms with van der Waals surface area (Å²) >= 11 is 9.48. The fourth-order valence-electron chi connectivity index (χ4n) is 2.73. The van der Waals surface area contributed by atoms with Crippen LogP contribution in [0, 0.1) is 0 Å². The van der Waals surface area contributed by atoms with Gasteiger partial charge in [0.2, 0.25) is 0 Å². The third kappa shape index (κ3) is 4.44. The molecule has 4 nitrogen and oxygen atoms in total. The van der Waals surface area contributed by atoms with E-state index in [4.69, 9.17) is 11.6 Å². The summed E-state index contributed by atoms with van der Waals surface area (Å²) in [7, 11) is 0. The first-order valence-corrected chi connectivity index (χ1v) is 8.79. The second-order valence-corrected chi connectivity index (χ2v) is 7.03. The first-order chi connectivity index (χ1) is 11.6. The van der Waals surface area contributed by atoms with Crippen LogP contribution in [0.4, 0.5) is 0 Å². The molecule has 0 saturated carbocycles. The third-order valence-electron chi connectivity index (χ3n) is 3.95. The lowest BCUT2D eigenvalue weighted by atomic mass is 9.87. The lowest BCUT2D eigenvalue weighted by molar-refractivity contribution is 0.119. The highest BCUT2D eigenvalue weighted by molar-refractivity contribution is 9.10. The lowest BCUT2D eigenvalue weighted by Crippen LogP contribution is -2.26. The van der Waals surface area contributed by atoms with Crippen LogP contribution >= 0.6 is 27.5 Å². The third-order valence-corrected chi connectivity index (χ3v) is 4.70. The molecule has 0 fully saturated rings. The van der Waals surface area contributed by atoms with Crippen molar-refractivity contribution in [3.8, 4) is 0 Å². The van der Waals surface area contributed by atoms with Gasteiger partial charge in [-0.15, -0.1) is 0 Å². The molecule has 1 heterocycles. The van der Waals surface area contributed by atoms with Crippen LogP contribution in [0.5, 0.6) is 0 Å². The smallest absolute Gasteiger partial charge is 0.137 e. The van der Waals surface area contributed by atoms with E-state index in [-0.39, 0.29) is 5.92 Å². The topological polar surface area (TPSA) is 50.9 Å². The van der Waals surface area contributed by atoms with Crippen molar-refractivity contribution in [1.82, 2.24) is 14.8 Å². The van der Waals surface area contributed by atoms with Crippen LogP contribution in [-0.4, -0.2) is 26.0 Å². The fraction of sp³-hybridized carbons (Fsp3) is 0.222. The van der Waals surface area contributed by atoms with Crippen molar-refractivity contribution in [2.75, 3.05) is 0 Å². The van der Waals surface area contributed by atoms with Gasteiger partial charge in [0.05, 0.1) is 12.6 Å². The van der Waals surface area contributed by atoms with Crippen LogP contribution in [0.3, 0.4) is 0 Å². The summed E-state index contributed by atoms with van der Waals surface area (Å²) < 4.78 is 2.64. The number of benzene rings is 2. The monoisotopic (exact) mass is 405 g/mol.